The third kappa shape index (κ3) is 8.13. The number of piperidine rings is 1. The summed E-state index contributed by atoms with van der Waals surface area (Å²) in [5.74, 6) is 0.357. The summed E-state index contributed by atoms with van der Waals surface area (Å²) in [4.78, 5) is 37.5. The lowest BCUT2D eigenvalue weighted by Gasteiger charge is -2.33. The second-order valence-electron chi connectivity index (χ2n) is 8.64. The molecule has 9 heteroatoms. The number of hydrogen-bond acceptors (Lipinski definition) is 6. The maximum Gasteiger partial charge on any atom is 0.328 e. The van der Waals surface area contributed by atoms with Crippen LogP contribution in [0.5, 0.6) is 5.75 Å². The highest BCUT2D eigenvalue weighted by Crippen LogP contribution is 2.29. The Morgan fingerprint density at radius 2 is 1.67 bits per heavy atom. The quantitative estimate of drug-likeness (QED) is 0.385. The Hall–Kier alpha value is -3.30. The lowest BCUT2D eigenvalue weighted by atomic mass is 9.96. The fraction of sp³-hybridized carbons (Fsp3) is 0.370. The average molecular weight is 513 g/mol. The molecule has 8 nitrogen and oxygen atoms in total. The van der Waals surface area contributed by atoms with Gasteiger partial charge in [0.15, 0.2) is 0 Å². The molecule has 192 valence electrons. The molecule has 0 bridgehead atoms. The minimum absolute atomic E-state index is 0.214. The minimum Gasteiger partial charge on any atom is -0.496 e. The summed E-state index contributed by atoms with van der Waals surface area (Å²) in [5.41, 5.74) is 2.08. The molecule has 2 aromatic carbocycles. The number of methoxy groups -OCH3 is 1. The third-order valence-electron chi connectivity index (χ3n) is 6.18. The van der Waals surface area contributed by atoms with Crippen molar-refractivity contribution in [3.05, 3.63) is 71.8 Å². The van der Waals surface area contributed by atoms with Gasteiger partial charge in [0, 0.05) is 48.0 Å². The number of rotatable bonds is 9. The van der Waals surface area contributed by atoms with Gasteiger partial charge in [-0.25, -0.2) is 9.59 Å². The second-order valence-corrected chi connectivity index (χ2v) is 9.77. The molecule has 1 fully saturated rings. The van der Waals surface area contributed by atoms with Crippen molar-refractivity contribution in [2.75, 3.05) is 39.0 Å². The van der Waals surface area contributed by atoms with Crippen LogP contribution in [0.4, 0.5) is 0 Å². The van der Waals surface area contributed by atoms with Gasteiger partial charge in [0.2, 0.25) is 0 Å². The Morgan fingerprint density at radius 1 is 1.03 bits per heavy atom. The number of carboxylic acids is 2. The molecule has 0 spiro atoms. The van der Waals surface area contributed by atoms with Crippen molar-refractivity contribution in [2.24, 2.45) is 5.92 Å². The molecule has 0 unspecified atom stereocenters. The monoisotopic (exact) mass is 512 g/mol. The van der Waals surface area contributed by atoms with E-state index >= 15 is 0 Å². The van der Waals surface area contributed by atoms with E-state index in [0.29, 0.717) is 18.1 Å². The van der Waals surface area contributed by atoms with Gasteiger partial charge in [0.05, 0.1) is 7.11 Å². The molecule has 0 aliphatic carbocycles. The number of carbonyl (C=O) groups is 3. The first-order valence-electron chi connectivity index (χ1n) is 11.9. The van der Waals surface area contributed by atoms with Crippen LogP contribution >= 0.6 is 11.8 Å². The van der Waals surface area contributed by atoms with Gasteiger partial charge in [-0.15, -0.1) is 11.8 Å². The molecular weight excluding hydrogens is 480 g/mol. The molecule has 36 heavy (non-hydrogen) atoms. The molecule has 4 rings (SSSR count). The standard InChI is InChI=1S/C23H28N2O2S.C4H4O4/c1-27-21-8-4-5-9-22(21)28-15-14-24-12-10-18(11-13-24)16-25-17-19-6-2-3-7-20(19)23(25)26;5-3(6)1-2-4(7)8/h2-9,18H,10-17H2,1H3;1-2H,(H,5,6)(H,7,8)/b;2-1+. The predicted octanol–water partition coefficient (Wildman–Crippen LogP) is 3.87. The normalized spacial score (nSPS) is 15.9. The van der Waals surface area contributed by atoms with Crippen LogP contribution in [0.1, 0.15) is 28.8 Å². The topological polar surface area (TPSA) is 107 Å². The Balaban J connectivity index is 0.000000392. The molecule has 2 aromatic rings. The average Bonchev–Trinajstić information content (AvgIpc) is 3.19. The van der Waals surface area contributed by atoms with E-state index in [1.807, 2.05) is 47.0 Å². The fourth-order valence-electron chi connectivity index (χ4n) is 4.33. The van der Waals surface area contributed by atoms with E-state index in [1.165, 1.54) is 23.3 Å². The van der Waals surface area contributed by atoms with E-state index in [9.17, 15) is 14.4 Å². The second kappa shape index (κ2) is 13.7. The van der Waals surface area contributed by atoms with E-state index in [2.05, 4.69) is 23.1 Å². The van der Waals surface area contributed by atoms with E-state index in [-0.39, 0.29) is 5.91 Å². The fourth-order valence-corrected chi connectivity index (χ4v) is 5.37. The molecule has 2 N–H and O–H groups in total. The van der Waals surface area contributed by atoms with Crippen LogP contribution in [0.3, 0.4) is 0 Å². The number of hydrogen-bond donors (Lipinski definition) is 2. The zero-order chi connectivity index (χ0) is 25.9. The largest absolute Gasteiger partial charge is 0.496 e. The maximum absolute atomic E-state index is 12.6. The number of thioether (sulfide) groups is 1. The van der Waals surface area contributed by atoms with Crippen molar-refractivity contribution < 1.29 is 29.3 Å². The summed E-state index contributed by atoms with van der Waals surface area (Å²) in [7, 11) is 1.73. The number of ether oxygens (including phenoxy) is 1. The molecule has 0 aromatic heterocycles. The molecule has 2 aliphatic heterocycles. The zero-order valence-corrected chi connectivity index (χ0v) is 21.2. The molecule has 0 saturated carbocycles. The molecule has 0 atom stereocenters. The van der Waals surface area contributed by atoms with E-state index < -0.39 is 11.9 Å². The van der Waals surface area contributed by atoms with E-state index in [4.69, 9.17) is 14.9 Å². The van der Waals surface area contributed by atoms with Crippen molar-refractivity contribution in [1.29, 1.82) is 0 Å². The first-order chi connectivity index (χ1) is 17.4. The SMILES string of the molecule is COc1ccccc1SCCN1CCC(CN2Cc3ccccc3C2=O)CC1.O=C(O)/C=C/C(=O)O. The van der Waals surface area contributed by atoms with Gasteiger partial charge in [0.25, 0.3) is 5.91 Å². The minimum atomic E-state index is -1.26. The first kappa shape index (κ1) is 27.3. The van der Waals surface area contributed by atoms with Gasteiger partial charge in [-0.1, -0.05) is 30.3 Å². The molecule has 1 saturated heterocycles. The van der Waals surface area contributed by atoms with Crippen LogP contribution in [0.25, 0.3) is 0 Å². The number of amides is 1. The van der Waals surface area contributed by atoms with Gasteiger partial charge in [-0.05, 0) is 55.6 Å². The van der Waals surface area contributed by atoms with Crippen LogP contribution in [-0.4, -0.2) is 76.9 Å². The highest BCUT2D eigenvalue weighted by Gasteiger charge is 2.30. The van der Waals surface area contributed by atoms with Crippen molar-refractivity contribution in [3.63, 3.8) is 0 Å². The maximum atomic E-state index is 12.6. The number of benzene rings is 2. The summed E-state index contributed by atoms with van der Waals surface area (Å²) in [6.45, 7) is 5.05. The lowest BCUT2D eigenvalue weighted by Crippen LogP contribution is -2.39. The number of aliphatic carboxylic acids is 2. The third-order valence-corrected chi connectivity index (χ3v) is 7.22. The van der Waals surface area contributed by atoms with Crippen LogP contribution in [0, 0.1) is 5.92 Å². The number of fused-ring (bicyclic) bond motifs is 1. The summed E-state index contributed by atoms with van der Waals surface area (Å²) in [6.07, 6.45) is 3.48. The Labute approximate surface area is 215 Å². The summed E-state index contributed by atoms with van der Waals surface area (Å²) in [6, 6.07) is 16.2. The van der Waals surface area contributed by atoms with Gasteiger partial charge < -0.3 is 24.7 Å². The molecular formula is C27H32N2O6S. The van der Waals surface area contributed by atoms with Crippen molar-refractivity contribution in [1.82, 2.24) is 9.80 Å². The van der Waals surface area contributed by atoms with E-state index in [1.54, 1.807) is 7.11 Å². The Kier molecular flexibility index (Phi) is 10.4. The number of carbonyl (C=O) groups excluding carboxylic acids is 1. The first-order valence-corrected chi connectivity index (χ1v) is 12.8. The molecule has 1 amide bonds. The highest BCUT2D eigenvalue weighted by molar-refractivity contribution is 7.99. The summed E-state index contributed by atoms with van der Waals surface area (Å²) in [5, 5.41) is 15.6. The Bertz CT molecular complexity index is 1070. The van der Waals surface area contributed by atoms with Gasteiger partial charge in [-0.3, -0.25) is 4.79 Å². The van der Waals surface area contributed by atoms with Crippen molar-refractivity contribution in [2.45, 2.75) is 24.3 Å². The summed E-state index contributed by atoms with van der Waals surface area (Å²) < 4.78 is 5.43. The van der Waals surface area contributed by atoms with Gasteiger partial charge in [-0.2, -0.15) is 0 Å². The van der Waals surface area contributed by atoms with Crippen LogP contribution in [0.15, 0.2) is 65.6 Å². The van der Waals surface area contributed by atoms with Crippen LogP contribution < -0.4 is 4.74 Å². The molecule has 2 heterocycles. The van der Waals surface area contributed by atoms with Crippen molar-refractivity contribution in [3.8, 4) is 5.75 Å². The van der Waals surface area contributed by atoms with E-state index in [0.717, 1.165) is 49.8 Å². The number of carboxylic acid groups (broad SMARTS) is 2. The van der Waals surface area contributed by atoms with Gasteiger partial charge >= 0.3 is 11.9 Å². The van der Waals surface area contributed by atoms with Crippen molar-refractivity contribution >= 4 is 29.6 Å². The van der Waals surface area contributed by atoms with Crippen LogP contribution in [-0.2, 0) is 16.1 Å². The smallest absolute Gasteiger partial charge is 0.328 e. The van der Waals surface area contributed by atoms with Crippen LogP contribution in [0.2, 0.25) is 0 Å². The summed E-state index contributed by atoms with van der Waals surface area (Å²) >= 11 is 1.87. The Morgan fingerprint density at radius 3 is 2.31 bits per heavy atom. The number of para-hydroxylation sites is 1. The predicted molar refractivity (Wildman–Crippen MR) is 138 cm³/mol. The number of likely N-dealkylation sites (tertiary alicyclic amines) is 1. The lowest BCUT2D eigenvalue weighted by molar-refractivity contribution is -0.134. The molecule has 2 aliphatic rings. The highest BCUT2D eigenvalue weighted by atomic mass is 32.2. The number of nitrogens with zero attached hydrogens (tertiary/aromatic N) is 2. The van der Waals surface area contributed by atoms with Gasteiger partial charge in [0.1, 0.15) is 5.75 Å². The molecule has 0 radical (unpaired) electrons. The zero-order valence-electron chi connectivity index (χ0n) is 20.3.